The van der Waals surface area contributed by atoms with E-state index in [1.165, 1.54) is 7.11 Å². The minimum absolute atomic E-state index is 0.318. The molecule has 2 rings (SSSR count). The molecule has 0 bridgehead atoms. The van der Waals surface area contributed by atoms with Gasteiger partial charge in [-0.1, -0.05) is 35.0 Å². The zero-order valence-corrected chi connectivity index (χ0v) is 14.1. The molecule has 0 amide bonds. The molecule has 4 nitrogen and oxygen atoms in total. The summed E-state index contributed by atoms with van der Waals surface area (Å²) in [5.41, 5.74) is 3.38. The third-order valence-electron chi connectivity index (χ3n) is 3.34. The van der Waals surface area contributed by atoms with Gasteiger partial charge in [-0.25, -0.2) is 4.79 Å². The molecule has 1 aromatic heterocycles. The van der Waals surface area contributed by atoms with Crippen molar-refractivity contribution in [2.24, 2.45) is 0 Å². The Labute approximate surface area is 133 Å². The van der Waals surface area contributed by atoms with Crippen LogP contribution in [-0.2, 0) is 17.7 Å². The van der Waals surface area contributed by atoms with E-state index in [0.717, 1.165) is 34.4 Å². The van der Waals surface area contributed by atoms with Crippen molar-refractivity contribution in [1.29, 1.82) is 0 Å². The molecule has 1 heterocycles. The van der Waals surface area contributed by atoms with Crippen molar-refractivity contribution < 1.29 is 9.53 Å². The van der Waals surface area contributed by atoms with Crippen LogP contribution in [0.1, 0.15) is 40.7 Å². The molecule has 5 heteroatoms. The molecule has 0 N–H and O–H groups in total. The average Bonchev–Trinajstić information content (AvgIpc) is 2.77. The predicted molar refractivity (Wildman–Crippen MR) is 85.5 cm³/mol. The summed E-state index contributed by atoms with van der Waals surface area (Å²) >= 11 is 3.43. The normalized spacial score (nSPS) is 10.7. The summed E-state index contributed by atoms with van der Waals surface area (Å²) in [6.07, 6.45) is 1.63. The Morgan fingerprint density at radius 3 is 2.57 bits per heavy atom. The largest absolute Gasteiger partial charge is 0.465 e. The van der Waals surface area contributed by atoms with E-state index in [4.69, 9.17) is 4.74 Å². The highest BCUT2D eigenvalue weighted by Crippen LogP contribution is 2.21. The van der Waals surface area contributed by atoms with E-state index in [2.05, 4.69) is 28.0 Å². The summed E-state index contributed by atoms with van der Waals surface area (Å²) in [5.74, 6) is -0.318. The molecular formula is C16H19BrN2O2. The summed E-state index contributed by atoms with van der Waals surface area (Å²) in [6, 6.07) is 8.09. The molecule has 1 aromatic carbocycles. The first-order chi connectivity index (χ1) is 10.1. The Balaban J connectivity index is 2.43. The monoisotopic (exact) mass is 350 g/mol. The molecule has 0 atom stereocenters. The summed E-state index contributed by atoms with van der Waals surface area (Å²) in [5, 5.41) is 4.49. The second kappa shape index (κ2) is 6.89. The molecular weight excluding hydrogens is 332 g/mol. The van der Waals surface area contributed by atoms with Crippen LogP contribution in [0.4, 0.5) is 0 Å². The second-order valence-electron chi connectivity index (χ2n) is 4.93. The first kappa shape index (κ1) is 15.8. The molecule has 112 valence electrons. The third kappa shape index (κ3) is 3.53. The fraction of sp³-hybridized carbons (Fsp3) is 0.375. The molecule has 2 aromatic rings. The number of aromatic nitrogens is 2. The Hall–Kier alpha value is -1.62. The van der Waals surface area contributed by atoms with Crippen LogP contribution in [0.25, 0.3) is 0 Å². The minimum Gasteiger partial charge on any atom is -0.465 e. The number of carbonyl (C=O) groups is 1. The van der Waals surface area contributed by atoms with Crippen molar-refractivity contribution in [2.75, 3.05) is 7.11 Å². The maximum Gasteiger partial charge on any atom is 0.341 e. The van der Waals surface area contributed by atoms with Crippen molar-refractivity contribution in [3.05, 3.63) is 51.3 Å². The Morgan fingerprint density at radius 2 is 2.00 bits per heavy atom. The van der Waals surface area contributed by atoms with Crippen LogP contribution in [0.5, 0.6) is 0 Å². The highest BCUT2D eigenvalue weighted by molar-refractivity contribution is 9.10. The maximum absolute atomic E-state index is 12.0. The number of esters is 1. The van der Waals surface area contributed by atoms with Crippen LogP contribution in [0, 0.1) is 6.92 Å². The van der Waals surface area contributed by atoms with Gasteiger partial charge in [-0.05, 0) is 31.0 Å². The summed E-state index contributed by atoms with van der Waals surface area (Å²) in [4.78, 5) is 12.0. The van der Waals surface area contributed by atoms with Crippen LogP contribution >= 0.6 is 15.9 Å². The van der Waals surface area contributed by atoms with E-state index in [0.29, 0.717) is 12.0 Å². The molecule has 0 aliphatic heterocycles. The highest BCUT2D eigenvalue weighted by Gasteiger charge is 2.21. The quantitative estimate of drug-likeness (QED) is 0.771. The van der Waals surface area contributed by atoms with E-state index in [9.17, 15) is 4.79 Å². The number of methoxy groups -OCH3 is 1. The molecule has 0 aliphatic rings. The van der Waals surface area contributed by atoms with Crippen LogP contribution in [-0.4, -0.2) is 22.9 Å². The number of halogens is 1. The van der Waals surface area contributed by atoms with Gasteiger partial charge >= 0.3 is 5.97 Å². The SMILES string of the molecule is CCCn1nc(C)c(C(=O)OC)c1Cc1ccc(Br)cc1. The lowest BCUT2D eigenvalue weighted by Gasteiger charge is -2.08. The van der Waals surface area contributed by atoms with E-state index < -0.39 is 0 Å². The van der Waals surface area contributed by atoms with E-state index in [1.54, 1.807) is 0 Å². The first-order valence-electron chi connectivity index (χ1n) is 6.95. The third-order valence-corrected chi connectivity index (χ3v) is 3.87. The van der Waals surface area contributed by atoms with Gasteiger partial charge in [0, 0.05) is 17.4 Å². The Bertz CT molecular complexity index is 632. The van der Waals surface area contributed by atoms with Crippen molar-refractivity contribution in [2.45, 2.75) is 33.2 Å². The second-order valence-corrected chi connectivity index (χ2v) is 5.84. The highest BCUT2D eigenvalue weighted by atomic mass is 79.9. The number of nitrogens with zero attached hydrogens (tertiary/aromatic N) is 2. The Kier molecular flexibility index (Phi) is 5.17. The topological polar surface area (TPSA) is 44.1 Å². The van der Waals surface area contributed by atoms with Gasteiger partial charge < -0.3 is 4.74 Å². The number of benzene rings is 1. The summed E-state index contributed by atoms with van der Waals surface area (Å²) in [6.45, 7) is 4.74. The smallest absolute Gasteiger partial charge is 0.341 e. The fourth-order valence-corrected chi connectivity index (χ4v) is 2.63. The van der Waals surface area contributed by atoms with E-state index in [-0.39, 0.29) is 5.97 Å². The standard InChI is InChI=1S/C16H19BrN2O2/c1-4-9-19-14(10-12-5-7-13(17)8-6-12)15(11(2)18-19)16(20)21-3/h5-8H,4,9-10H2,1-3H3. The van der Waals surface area contributed by atoms with E-state index >= 15 is 0 Å². The van der Waals surface area contributed by atoms with Crippen molar-refractivity contribution in [1.82, 2.24) is 9.78 Å². The number of carbonyl (C=O) groups excluding carboxylic acids is 1. The lowest BCUT2D eigenvalue weighted by atomic mass is 10.1. The van der Waals surface area contributed by atoms with Gasteiger partial charge in [-0.2, -0.15) is 5.10 Å². The predicted octanol–water partition coefficient (Wildman–Crippen LogP) is 3.74. The maximum atomic E-state index is 12.0. The van der Waals surface area contributed by atoms with Crippen molar-refractivity contribution in [3.63, 3.8) is 0 Å². The van der Waals surface area contributed by atoms with Crippen LogP contribution in [0.2, 0.25) is 0 Å². The molecule has 0 saturated heterocycles. The van der Waals surface area contributed by atoms with Gasteiger partial charge in [0.15, 0.2) is 0 Å². The minimum atomic E-state index is -0.318. The molecule has 0 unspecified atom stereocenters. The van der Waals surface area contributed by atoms with Gasteiger partial charge in [-0.3, -0.25) is 4.68 Å². The van der Waals surface area contributed by atoms with Gasteiger partial charge in [0.1, 0.15) is 5.56 Å². The fourth-order valence-electron chi connectivity index (χ4n) is 2.37. The van der Waals surface area contributed by atoms with Gasteiger partial charge in [0.2, 0.25) is 0 Å². The lowest BCUT2D eigenvalue weighted by molar-refractivity contribution is 0.0598. The number of rotatable bonds is 5. The summed E-state index contributed by atoms with van der Waals surface area (Å²) in [7, 11) is 1.41. The number of hydrogen-bond donors (Lipinski definition) is 0. The average molecular weight is 351 g/mol. The summed E-state index contributed by atoms with van der Waals surface area (Å²) < 4.78 is 7.87. The molecule has 0 fully saturated rings. The van der Waals surface area contributed by atoms with Crippen molar-refractivity contribution in [3.8, 4) is 0 Å². The van der Waals surface area contributed by atoms with Crippen molar-refractivity contribution >= 4 is 21.9 Å². The van der Waals surface area contributed by atoms with Crippen LogP contribution in [0.3, 0.4) is 0 Å². The molecule has 0 aliphatic carbocycles. The lowest BCUT2D eigenvalue weighted by Crippen LogP contribution is -2.10. The molecule has 21 heavy (non-hydrogen) atoms. The molecule has 0 saturated carbocycles. The van der Waals surface area contributed by atoms with Gasteiger partial charge in [-0.15, -0.1) is 0 Å². The zero-order chi connectivity index (χ0) is 15.4. The molecule has 0 radical (unpaired) electrons. The number of hydrogen-bond acceptors (Lipinski definition) is 3. The zero-order valence-electron chi connectivity index (χ0n) is 12.5. The van der Waals surface area contributed by atoms with Gasteiger partial charge in [0.25, 0.3) is 0 Å². The van der Waals surface area contributed by atoms with Crippen LogP contribution < -0.4 is 0 Å². The molecule has 0 spiro atoms. The van der Waals surface area contributed by atoms with E-state index in [1.807, 2.05) is 35.9 Å². The Morgan fingerprint density at radius 1 is 1.33 bits per heavy atom. The number of ether oxygens (including phenoxy) is 1. The number of aryl methyl sites for hydroxylation is 2. The first-order valence-corrected chi connectivity index (χ1v) is 7.75. The van der Waals surface area contributed by atoms with Gasteiger partial charge in [0.05, 0.1) is 18.5 Å². The van der Waals surface area contributed by atoms with Crippen LogP contribution in [0.15, 0.2) is 28.7 Å².